The molecule has 0 radical (unpaired) electrons. The van der Waals surface area contributed by atoms with Crippen LogP contribution >= 0.6 is 0 Å². The van der Waals surface area contributed by atoms with Gasteiger partial charge in [0.2, 0.25) is 0 Å². The molecule has 2 nitrogen and oxygen atoms in total. The van der Waals surface area contributed by atoms with Crippen LogP contribution in [-0.2, 0) is 6.42 Å². The van der Waals surface area contributed by atoms with Gasteiger partial charge in [0.25, 0.3) is 0 Å². The normalized spacial score (nSPS) is 10.4. The molecule has 1 aromatic heterocycles. The third kappa shape index (κ3) is 1.46. The maximum atomic E-state index is 5.31. The Morgan fingerprint density at radius 3 is 3.00 bits per heavy atom. The SMILES string of the molecule is BOc1cc(CC)cc2cccnc12. The highest BCUT2D eigenvalue weighted by atomic mass is 16.4. The van der Waals surface area contributed by atoms with Crippen LogP contribution < -0.4 is 4.65 Å². The van der Waals surface area contributed by atoms with E-state index in [4.69, 9.17) is 4.65 Å². The largest absolute Gasteiger partial charge is 0.566 e. The van der Waals surface area contributed by atoms with Gasteiger partial charge in [-0.3, -0.25) is 4.98 Å². The summed E-state index contributed by atoms with van der Waals surface area (Å²) >= 11 is 0. The molecule has 1 aromatic carbocycles. The number of benzene rings is 1. The Bertz CT molecular complexity index is 456. The Kier molecular flexibility index (Phi) is 2.40. The minimum Gasteiger partial charge on any atom is -0.566 e. The molecule has 0 bridgehead atoms. The van der Waals surface area contributed by atoms with Gasteiger partial charge in [-0.25, -0.2) is 0 Å². The van der Waals surface area contributed by atoms with Crippen molar-refractivity contribution in [1.29, 1.82) is 0 Å². The lowest BCUT2D eigenvalue weighted by atomic mass is 10.1. The summed E-state index contributed by atoms with van der Waals surface area (Å²) in [6.07, 6.45) is 2.80. The van der Waals surface area contributed by atoms with Crippen LogP contribution in [0.5, 0.6) is 5.75 Å². The van der Waals surface area contributed by atoms with Crippen LogP contribution in [0.4, 0.5) is 0 Å². The first-order valence-electron chi connectivity index (χ1n) is 4.76. The highest BCUT2D eigenvalue weighted by Gasteiger charge is 2.03. The molecule has 0 aliphatic rings. The molecule has 1 heterocycles. The fourth-order valence-electron chi connectivity index (χ4n) is 1.58. The number of fused-ring (bicyclic) bond motifs is 1. The highest BCUT2D eigenvalue weighted by Crippen LogP contribution is 2.25. The zero-order valence-electron chi connectivity index (χ0n) is 8.45. The second-order valence-electron chi connectivity index (χ2n) is 3.23. The van der Waals surface area contributed by atoms with E-state index in [-0.39, 0.29) is 0 Å². The molecule has 0 amide bonds. The van der Waals surface area contributed by atoms with Gasteiger partial charge < -0.3 is 4.65 Å². The lowest BCUT2D eigenvalue weighted by Gasteiger charge is -2.07. The van der Waals surface area contributed by atoms with Crippen LogP contribution in [0.2, 0.25) is 0 Å². The average Bonchev–Trinajstić information content (AvgIpc) is 2.27. The number of pyridine rings is 1. The van der Waals surface area contributed by atoms with Crippen molar-refractivity contribution in [2.45, 2.75) is 13.3 Å². The van der Waals surface area contributed by atoms with Crippen LogP contribution in [0.25, 0.3) is 10.9 Å². The van der Waals surface area contributed by atoms with Crippen LogP contribution in [0.15, 0.2) is 30.5 Å². The molecule has 3 heteroatoms. The van der Waals surface area contributed by atoms with Gasteiger partial charge in [-0.15, -0.1) is 0 Å². The molecule has 0 aliphatic heterocycles. The lowest BCUT2D eigenvalue weighted by molar-refractivity contribution is 0.621. The van der Waals surface area contributed by atoms with Crippen molar-refractivity contribution in [2.75, 3.05) is 0 Å². The van der Waals surface area contributed by atoms with Crippen LogP contribution in [-0.4, -0.2) is 13.0 Å². The molecule has 0 saturated carbocycles. The molecule has 0 N–H and O–H groups in total. The van der Waals surface area contributed by atoms with E-state index in [1.807, 2.05) is 6.07 Å². The van der Waals surface area contributed by atoms with E-state index in [9.17, 15) is 0 Å². The van der Waals surface area contributed by atoms with Crippen LogP contribution in [0.3, 0.4) is 0 Å². The molecule has 0 unspecified atom stereocenters. The van der Waals surface area contributed by atoms with E-state index in [0.717, 1.165) is 23.1 Å². The van der Waals surface area contributed by atoms with Crippen LogP contribution in [0, 0.1) is 0 Å². The summed E-state index contributed by atoms with van der Waals surface area (Å²) in [7, 11) is 1.68. The minimum absolute atomic E-state index is 0.861. The zero-order valence-corrected chi connectivity index (χ0v) is 8.45. The summed E-state index contributed by atoms with van der Waals surface area (Å²) < 4.78 is 5.31. The lowest BCUT2D eigenvalue weighted by Crippen LogP contribution is -1.91. The Balaban J connectivity index is 2.73. The van der Waals surface area contributed by atoms with Crippen molar-refractivity contribution in [1.82, 2.24) is 4.98 Å². The molecule has 0 aliphatic carbocycles. The fourth-order valence-corrected chi connectivity index (χ4v) is 1.58. The molecule has 14 heavy (non-hydrogen) atoms. The topological polar surface area (TPSA) is 22.1 Å². The average molecular weight is 185 g/mol. The maximum Gasteiger partial charge on any atom is 0.322 e. The Morgan fingerprint density at radius 1 is 1.43 bits per heavy atom. The molecule has 70 valence electrons. The van der Waals surface area contributed by atoms with E-state index in [1.165, 1.54) is 5.56 Å². The van der Waals surface area contributed by atoms with Crippen LogP contribution in [0.1, 0.15) is 12.5 Å². The van der Waals surface area contributed by atoms with Gasteiger partial charge in [-0.05, 0) is 30.2 Å². The predicted octanol–water partition coefficient (Wildman–Crippen LogP) is 1.72. The molecule has 0 fully saturated rings. The first kappa shape index (κ1) is 9.07. The van der Waals surface area contributed by atoms with Gasteiger partial charge in [0.15, 0.2) is 0 Å². The molecular weight excluding hydrogens is 173 g/mol. The zero-order chi connectivity index (χ0) is 9.97. The standard InChI is InChI=1S/C11H12BNO/c1-2-8-6-9-4-3-5-13-11(9)10(7-8)14-12/h3-7H,2,12H2,1H3. The second kappa shape index (κ2) is 3.70. The van der Waals surface area contributed by atoms with Crippen molar-refractivity contribution in [3.63, 3.8) is 0 Å². The van der Waals surface area contributed by atoms with Gasteiger partial charge in [-0.1, -0.05) is 13.0 Å². The summed E-state index contributed by atoms with van der Waals surface area (Å²) in [5.41, 5.74) is 2.22. The molecule has 2 aromatic rings. The van der Waals surface area contributed by atoms with E-state index in [1.54, 1.807) is 14.2 Å². The second-order valence-corrected chi connectivity index (χ2v) is 3.23. The molecule has 0 spiro atoms. The first-order chi connectivity index (χ1) is 6.85. The van der Waals surface area contributed by atoms with E-state index in [0.29, 0.717) is 0 Å². The van der Waals surface area contributed by atoms with Gasteiger partial charge in [-0.2, -0.15) is 0 Å². The number of hydrogen-bond donors (Lipinski definition) is 0. The van der Waals surface area contributed by atoms with Crippen molar-refractivity contribution in [3.05, 3.63) is 36.0 Å². The van der Waals surface area contributed by atoms with Crippen molar-refractivity contribution in [2.24, 2.45) is 0 Å². The number of hydrogen-bond acceptors (Lipinski definition) is 2. The number of aromatic nitrogens is 1. The third-order valence-corrected chi connectivity index (χ3v) is 2.36. The first-order valence-corrected chi connectivity index (χ1v) is 4.76. The maximum absolute atomic E-state index is 5.31. The van der Waals surface area contributed by atoms with Gasteiger partial charge in [0.1, 0.15) is 11.3 Å². The number of nitrogens with zero attached hydrogens (tertiary/aromatic N) is 1. The fraction of sp³-hybridized carbons (Fsp3) is 0.182. The van der Waals surface area contributed by atoms with E-state index in [2.05, 4.69) is 30.1 Å². The van der Waals surface area contributed by atoms with E-state index >= 15 is 0 Å². The smallest absolute Gasteiger partial charge is 0.322 e. The molecule has 0 atom stereocenters. The Morgan fingerprint density at radius 2 is 2.29 bits per heavy atom. The summed E-state index contributed by atoms with van der Waals surface area (Å²) in [5.74, 6) is 0.861. The van der Waals surface area contributed by atoms with Crippen molar-refractivity contribution >= 4 is 19.0 Å². The summed E-state index contributed by atoms with van der Waals surface area (Å²) in [5, 5.41) is 1.14. The quantitative estimate of drug-likeness (QED) is 0.664. The molecule has 2 rings (SSSR count). The monoisotopic (exact) mass is 185 g/mol. The van der Waals surface area contributed by atoms with Crippen molar-refractivity contribution < 1.29 is 4.65 Å². The summed E-state index contributed by atoms with van der Waals surface area (Å²) in [6, 6.07) is 8.21. The Hall–Kier alpha value is -1.51. The molecule has 0 saturated heterocycles. The summed E-state index contributed by atoms with van der Waals surface area (Å²) in [4.78, 5) is 4.30. The minimum atomic E-state index is 0.861. The summed E-state index contributed by atoms with van der Waals surface area (Å²) in [6.45, 7) is 2.14. The number of rotatable bonds is 2. The van der Waals surface area contributed by atoms with Gasteiger partial charge in [0.05, 0.1) is 0 Å². The van der Waals surface area contributed by atoms with Gasteiger partial charge >= 0.3 is 8.05 Å². The third-order valence-electron chi connectivity index (χ3n) is 2.36. The predicted molar refractivity (Wildman–Crippen MR) is 60.3 cm³/mol. The number of aryl methyl sites for hydroxylation is 1. The highest BCUT2D eigenvalue weighted by molar-refractivity contribution is 6.02. The molecular formula is C11H12BNO. The van der Waals surface area contributed by atoms with E-state index < -0.39 is 0 Å². The van der Waals surface area contributed by atoms with Gasteiger partial charge in [0, 0.05) is 11.6 Å². The Labute approximate surface area is 84.4 Å². The van der Waals surface area contributed by atoms with Crippen molar-refractivity contribution in [3.8, 4) is 5.75 Å².